The third-order valence-electron chi connectivity index (χ3n) is 2.30. The summed E-state index contributed by atoms with van der Waals surface area (Å²) >= 11 is 5.16. The van der Waals surface area contributed by atoms with Crippen LogP contribution in [-0.4, -0.2) is 9.85 Å². The molecule has 2 rings (SSSR count). The highest BCUT2D eigenvalue weighted by atomic mass is 79.9. The van der Waals surface area contributed by atoms with Crippen LogP contribution in [0.2, 0.25) is 0 Å². The van der Waals surface area contributed by atoms with Gasteiger partial charge in [0.25, 0.3) is 0 Å². The van der Waals surface area contributed by atoms with Gasteiger partial charge < -0.3 is 5.11 Å². The van der Waals surface area contributed by atoms with E-state index in [4.69, 9.17) is 0 Å². The fourth-order valence-electron chi connectivity index (χ4n) is 1.54. The van der Waals surface area contributed by atoms with E-state index in [2.05, 4.69) is 35.8 Å². The number of benzene rings is 1. The average Bonchev–Trinajstić information content (AvgIpc) is 2.22. The van der Waals surface area contributed by atoms with Crippen molar-refractivity contribution in [2.24, 2.45) is 0 Å². The number of hydrogen-bond donors (Lipinski definition) is 1. The van der Waals surface area contributed by atoms with Gasteiger partial charge in [0.05, 0.1) is 6.10 Å². The smallest absolute Gasteiger partial charge is 0.0945 e. The standard InChI is InChI=1S/C10H11BrOS/c1-10(2)9(12)7-4-3-6(11)5-8(7)13-10/h3-5,9,12H,1-2H3. The summed E-state index contributed by atoms with van der Waals surface area (Å²) in [6.07, 6.45) is -0.347. The Hall–Kier alpha value is 0.01000. The molecule has 0 radical (unpaired) electrons. The molecule has 1 atom stereocenters. The molecule has 0 amide bonds. The molecule has 1 aliphatic heterocycles. The third kappa shape index (κ3) is 1.53. The number of fused-ring (bicyclic) bond motifs is 1. The van der Waals surface area contributed by atoms with Crippen LogP contribution in [0, 0.1) is 0 Å². The van der Waals surface area contributed by atoms with Crippen molar-refractivity contribution >= 4 is 27.7 Å². The van der Waals surface area contributed by atoms with Gasteiger partial charge in [-0.3, -0.25) is 0 Å². The van der Waals surface area contributed by atoms with Crippen LogP contribution < -0.4 is 0 Å². The number of halogens is 1. The molecule has 0 saturated carbocycles. The van der Waals surface area contributed by atoms with Gasteiger partial charge in [-0.1, -0.05) is 22.0 Å². The predicted octanol–water partition coefficient (Wildman–Crippen LogP) is 3.37. The van der Waals surface area contributed by atoms with Gasteiger partial charge in [-0.05, 0) is 31.5 Å². The zero-order valence-electron chi connectivity index (χ0n) is 7.54. The molecule has 1 N–H and O–H groups in total. The highest BCUT2D eigenvalue weighted by Crippen LogP contribution is 2.51. The van der Waals surface area contributed by atoms with Crippen molar-refractivity contribution in [1.29, 1.82) is 0 Å². The Balaban J connectivity index is 2.50. The maximum absolute atomic E-state index is 9.96. The van der Waals surface area contributed by atoms with Crippen LogP contribution in [0.5, 0.6) is 0 Å². The minimum Gasteiger partial charge on any atom is -0.387 e. The summed E-state index contributed by atoms with van der Waals surface area (Å²) in [7, 11) is 0. The highest BCUT2D eigenvalue weighted by Gasteiger charge is 2.38. The summed E-state index contributed by atoms with van der Waals surface area (Å²) in [6, 6.07) is 6.04. The van der Waals surface area contributed by atoms with Gasteiger partial charge in [0.2, 0.25) is 0 Å². The van der Waals surface area contributed by atoms with Gasteiger partial charge in [0, 0.05) is 14.1 Å². The molecule has 0 spiro atoms. The first-order valence-electron chi connectivity index (χ1n) is 4.17. The van der Waals surface area contributed by atoms with Crippen molar-refractivity contribution in [2.75, 3.05) is 0 Å². The molecule has 0 aliphatic carbocycles. The maximum atomic E-state index is 9.96. The number of hydrogen-bond acceptors (Lipinski definition) is 2. The van der Waals surface area contributed by atoms with Crippen molar-refractivity contribution in [3.8, 4) is 0 Å². The summed E-state index contributed by atoms with van der Waals surface area (Å²) < 4.78 is 0.979. The molecule has 0 bridgehead atoms. The van der Waals surface area contributed by atoms with Crippen LogP contribution in [0.1, 0.15) is 25.5 Å². The van der Waals surface area contributed by atoms with Gasteiger partial charge >= 0.3 is 0 Å². The number of aliphatic hydroxyl groups excluding tert-OH is 1. The fraction of sp³-hybridized carbons (Fsp3) is 0.400. The largest absolute Gasteiger partial charge is 0.387 e. The number of thioether (sulfide) groups is 1. The van der Waals surface area contributed by atoms with Crippen LogP contribution >= 0.6 is 27.7 Å². The summed E-state index contributed by atoms with van der Waals surface area (Å²) in [5.41, 5.74) is 1.05. The summed E-state index contributed by atoms with van der Waals surface area (Å²) in [4.78, 5) is 1.19. The second kappa shape index (κ2) is 3.01. The van der Waals surface area contributed by atoms with Crippen molar-refractivity contribution < 1.29 is 5.11 Å². The van der Waals surface area contributed by atoms with E-state index in [1.807, 2.05) is 12.1 Å². The monoisotopic (exact) mass is 258 g/mol. The van der Waals surface area contributed by atoms with Crippen LogP contribution in [0.15, 0.2) is 27.6 Å². The molecule has 13 heavy (non-hydrogen) atoms. The molecule has 1 nitrogen and oxygen atoms in total. The topological polar surface area (TPSA) is 20.2 Å². The van der Waals surface area contributed by atoms with Crippen molar-refractivity contribution in [1.82, 2.24) is 0 Å². The van der Waals surface area contributed by atoms with Gasteiger partial charge in [0.15, 0.2) is 0 Å². The predicted molar refractivity (Wildman–Crippen MR) is 59.0 cm³/mol. The van der Waals surface area contributed by atoms with E-state index >= 15 is 0 Å². The molecular weight excluding hydrogens is 248 g/mol. The second-order valence-corrected chi connectivity index (χ2v) is 6.40. The molecule has 3 heteroatoms. The summed E-state index contributed by atoms with van der Waals surface area (Å²) in [6.45, 7) is 4.13. The SMILES string of the molecule is CC1(C)Sc2cc(Br)ccc2C1O. The number of aliphatic hydroxyl groups is 1. The van der Waals surface area contributed by atoms with Gasteiger partial charge in [-0.15, -0.1) is 11.8 Å². The first-order chi connectivity index (χ1) is 6.00. The molecule has 70 valence electrons. The second-order valence-electron chi connectivity index (χ2n) is 3.79. The Morgan fingerprint density at radius 3 is 2.85 bits per heavy atom. The lowest BCUT2D eigenvalue weighted by molar-refractivity contribution is 0.147. The molecule has 1 aromatic carbocycles. The zero-order valence-corrected chi connectivity index (χ0v) is 9.95. The lowest BCUT2D eigenvalue weighted by Gasteiger charge is -2.20. The summed E-state index contributed by atoms with van der Waals surface area (Å²) in [5, 5.41) is 9.96. The Labute approximate surface area is 90.7 Å². The molecule has 0 aromatic heterocycles. The minimum absolute atomic E-state index is 0.0941. The van der Waals surface area contributed by atoms with Gasteiger partial charge in [0.1, 0.15) is 0 Å². The normalized spacial score (nSPS) is 24.5. The number of rotatable bonds is 0. The van der Waals surface area contributed by atoms with E-state index in [-0.39, 0.29) is 10.9 Å². The molecule has 0 saturated heterocycles. The van der Waals surface area contributed by atoms with E-state index in [9.17, 15) is 5.11 Å². The van der Waals surface area contributed by atoms with Crippen LogP contribution in [0.25, 0.3) is 0 Å². The molecule has 1 heterocycles. The molecular formula is C10H11BrOS. The van der Waals surface area contributed by atoms with Gasteiger partial charge in [-0.25, -0.2) is 0 Å². The first kappa shape index (κ1) is 9.56. The summed E-state index contributed by atoms with van der Waals surface area (Å²) in [5.74, 6) is 0. The van der Waals surface area contributed by atoms with E-state index < -0.39 is 0 Å². The maximum Gasteiger partial charge on any atom is 0.0945 e. The van der Waals surface area contributed by atoms with Crippen molar-refractivity contribution in [3.63, 3.8) is 0 Å². The van der Waals surface area contributed by atoms with Crippen molar-refractivity contribution in [2.45, 2.75) is 29.6 Å². The van der Waals surface area contributed by atoms with Crippen LogP contribution in [-0.2, 0) is 0 Å². The Morgan fingerprint density at radius 2 is 2.15 bits per heavy atom. The first-order valence-corrected chi connectivity index (χ1v) is 5.78. The highest BCUT2D eigenvalue weighted by molar-refractivity contribution is 9.10. The lowest BCUT2D eigenvalue weighted by atomic mass is 9.99. The Morgan fingerprint density at radius 1 is 1.46 bits per heavy atom. The van der Waals surface area contributed by atoms with E-state index in [0.717, 1.165) is 10.0 Å². The molecule has 1 aliphatic rings. The van der Waals surface area contributed by atoms with Crippen LogP contribution in [0.4, 0.5) is 0 Å². The van der Waals surface area contributed by atoms with E-state index in [1.165, 1.54) is 4.90 Å². The minimum atomic E-state index is -0.347. The van der Waals surface area contributed by atoms with E-state index in [1.54, 1.807) is 11.8 Å². The molecule has 1 aromatic rings. The lowest BCUT2D eigenvalue weighted by Crippen LogP contribution is -2.19. The van der Waals surface area contributed by atoms with E-state index in [0.29, 0.717) is 0 Å². The fourth-order valence-corrected chi connectivity index (χ4v) is 3.34. The van der Waals surface area contributed by atoms with Crippen LogP contribution in [0.3, 0.4) is 0 Å². The zero-order chi connectivity index (χ0) is 9.64. The third-order valence-corrected chi connectivity index (χ3v) is 4.12. The van der Waals surface area contributed by atoms with Crippen molar-refractivity contribution in [3.05, 3.63) is 28.2 Å². The van der Waals surface area contributed by atoms with Gasteiger partial charge in [-0.2, -0.15) is 0 Å². The molecule has 0 fully saturated rings. The Kier molecular flexibility index (Phi) is 2.21. The molecule has 1 unspecified atom stereocenters. The average molecular weight is 259 g/mol. The quantitative estimate of drug-likeness (QED) is 0.770. The Bertz CT molecular complexity index is 349.